The van der Waals surface area contributed by atoms with Gasteiger partial charge in [-0.15, -0.1) is 0 Å². The van der Waals surface area contributed by atoms with Gasteiger partial charge in [-0.1, -0.05) is 5.16 Å². The lowest BCUT2D eigenvalue weighted by molar-refractivity contribution is 0.202. The van der Waals surface area contributed by atoms with Crippen LogP contribution in [0.15, 0.2) is 35.1 Å². The van der Waals surface area contributed by atoms with Gasteiger partial charge in [0.15, 0.2) is 0 Å². The molecule has 0 bridgehead atoms. The van der Waals surface area contributed by atoms with Crippen molar-refractivity contribution in [1.82, 2.24) is 20.4 Å². The predicted molar refractivity (Wildman–Crippen MR) is 95.3 cm³/mol. The number of aromatic nitrogens is 2. The molecule has 2 aromatic rings. The maximum atomic E-state index is 12.2. The van der Waals surface area contributed by atoms with E-state index in [1.165, 1.54) is 5.69 Å². The van der Waals surface area contributed by atoms with Crippen LogP contribution in [-0.4, -0.2) is 47.8 Å². The summed E-state index contributed by atoms with van der Waals surface area (Å²) in [7, 11) is 1.77. The van der Waals surface area contributed by atoms with Gasteiger partial charge in [0, 0.05) is 50.8 Å². The van der Waals surface area contributed by atoms with Crippen LogP contribution in [0.3, 0.4) is 0 Å². The van der Waals surface area contributed by atoms with Crippen molar-refractivity contribution in [1.29, 1.82) is 0 Å². The summed E-state index contributed by atoms with van der Waals surface area (Å²) in [6.07, 6.45) is 5.81. The molecular formula is C18H25N5O2. The summed E-state index contributed by atoms with van der Waals surface area (Å²) in [6.45, 7) is 5.03. The number of amides is 2. The minimum absolute atomic E-state index is 0.0720. The number of anilines is 1. The number of hydrogen-bond acceptors (Lipinski definition) is 5. The van der Waals surface area contributed by atoms with Crippen molar-refractivity contribution in [2.24, 2.45) is 5.92 Å². The summed E-state index contributed by atoms with van der Waals surface area (Å²) in [5.41, 5.74) is 1.99. The Balaban J connectivity index is 1.39. The highest BCUT2D eigenvalue weighted by Crippen LogP contribution is 2.22. The molecule has 2 amide bonds. The first kappa shape index (κ1) is 17.3. The Morgan fingerprint density at radius 1 is 1.36 bits per heavy atom. The third-order valence-electron chi connectivity index (χ3n) is 4.61. The lowest BCUT2D eigenvalue weighted by Gasteiger charge is -2.33. The van der Waals surface area contributed by atoms with Crippen molar-refractivity contribution in [2.45, 2.75) is 26.3 Å². The average Bonchev–Trinajstić information content (AvgIpc) is 3.05. The first-order chi connectivity index (χ1) is 12.1. The van der Waals surface area contributed by atoms with Crippen LogP contribution in [0.4, 0.5) is 10.5 Å². The van der Waals surface area contributed by atoms with Crippen LogP contribution < -0.4 is 10.2 Å². The summed E-state index contributed by atoms with van der Waals surface area (Å²) < 4.78 is 5.03. The smallest absolute Gasteiger partial charge is 0.317 e. The highest BCUT2D eigenvalue weighted by atomic mass is 16.5. The zero-order chi connectivity index (χ0) is 17.6. The van der Waals surface area contributed by atoms with Crippen molar-refractivity contribution in [3.63, 3.8) is 0 Å². The molecule has 0 atom stereocenters. The van der Waals surface area contributed by atoms with Crippen molar-refractivity contribution in [2.75, 3.05) is 31.6 Å². The predicted octanol–water partition coefficient (Wildman–Crippen LogP) is 2.44. The maximum Gasteiger partial charge on any atom is 0.317 e. The van der Waals surface area contributed by atoms with Crippen LogP contribution >= 0.6 is 0 Å². The van der Waals surface area contributed by atoms with Crippen LogP contribution in [0, 0.1) is 12.8 Å². The van der Waals surface area contributed by atoms with Crippen LogP contribution in [0.2, 0.25) is 0 Å². The Morgan fingerprint density at radius 2 is 2.08 bits per heavy atom. The Kier molecular flexibility index (Phi) is 5.53. The Bertz CT molecular complexity index is 680. The van der Waals surface area contributed by atoms with E-state index >= 15 is 0 Å². The summed E-state index contributed by atoms with van der Waals surface area (Å²) in [6, 6.07) is 5.86. The molecule has 25 heavy (non-hydrogen) atoms. The molecule has 1 saturated heterocycles. The molecule has 1 aliphatic rings. The number of pyridine rings is 1. The minimum atomic E-state index is -0.0720. The van der Waals surface area contributed by atoms with Gasteiger partial charge >= 0.3 is 6.03 Å². The van der Waals surface area contributed by atoms with Crippen molar-refractivity contribution in [3.05, 3.63) is 42.0 Å². The molecule has 1 N–H and O–H groups in total. The van der Waals surface area contributed by atoms with Crippen LogP contribution in [0.25, 0.3) is 0 Å². The van der Waals surface area contributed by atoms with Gasteiger partial charge < -0.3 is 19.6 Å². The van der Waals surface area contributed by atoms with Gasteiger partial charge in [0.05, 0.1) is 6.54 Å². The molecule has 2 aromatic heterocycles. The summed E-state index contributed by atoms with van der Waals surface area (Å²) >= 11 is 0. The molecule has 1 fully saturated rings. The third-order valence-corrected chi connectivity index (χ3v) is 4.61. The summed E-state index contributed by atoms with van der Waals surface area (Å²) in [5.74, 6) is 1.27. The van der Waals surface area contributed by atoms with E-state index in [0.29, 0.717) is 19.0 Å². The van der Waals surface area contributed by atoms with Gasteiger partial charge in [-0.3, -0.25) is 4.98 Å². The fourth-order valence-electron chi connectivity index (χ4n) is 3.12. The molecule has 0 unspecified atom stereocenters. The van der Waals surface area contributed by atoms with E-state index in [2.05, 4.69) is 20.4 Å². The lowest BCUT2D eigenvalue weighted by Crippen LogP contribution is -2.42. The number of aryl methyl sites for hydroxylation is 1. The van der Waals surface area contributed by atoms with Crippen molar-refractivity contribution < 1.29 is 9.32 Å². The molecule has 0 saturated carbocycles. The lowest BCUT2D eigenvalue weighted by atomic mass is 9.96. The molecule has 7 nitrogen and oxygen atoms in total. The van der Waals surface area contributed by atoms with E-state index in [0.717, 1.165) is 37.4 Å². The van der Waals surface area contributed by atoms with Gasteiger partial charge in [-0.25, -0.2) is 4.79 Å². The monoisotopic (exact) mass is 343 g/mol. The number of nitrogens with one attached hydrogen (secondary N) is 1. The van der Waals surface area contributed by atoms with Gasteiger partial charge in [0.25, 0.3) is 0 Å². The SMILES string of the molecule is Cc1cc(CN(C)C(=O)NCC2CCN(c3ccncc3)CC2)no1. The van der Waals surface area contributed by atoms with E-state index in [-0.39, 0.29) is 6.03 Å². The standard InChI is InChI=1S/C18H25N5O2/c1-14-11-16(21-25-14)13-22(2)18(24)20-12-15-5-9-23(10-6-15)17-3-7-19-8-4-17/h3-4,7-8,11,15H,5-6,9-10,12-13H2,1-2H3,(H,20,24). The molecule has 1 aliphatic heterocycles. The number of rotatable bonds is 5. The molecular weight excluding hydrogens is 318 g/mol. The van der Waals surface area contributed by atoms with Gasteiger partial charge in [0.2, 0.25) is 0 Å². The topological polar surface area (TPSA) is 74.5 Å². The largest absolute Gasteiger partial charge is 0.371 e. The third kappa shape index (κ3) is 4.71. The normalized spacial score (nSPS) is 15.2. The molecule has 0 spiro atoms. The van der Waals surface area contributed by atoms with Crippen LogP contribution in [0.1, 0.15) is 24.3 Å². The molecule has 134 valence electrons. The van der Waals surface area contributed by atoms with E-state index in [1.807, 2.05) is 37.5 Å². The molecule has 0 aromatic carbocycles. The van der Waals surface area contributed by atoms with Crippen LogP contribution in [-0.2, 0) is 6.54 Å². The first-order valence-electron chi connectivity index (χ1n) is 8.68. The quantitative estimate of drug-likeness (QED) is 0.902. The fourth-order valence-corrected chi connectivity index (χ4v) is 3.12. The summed E-state index contributed by atoms with van der Waals surface area (Å²) in [4.78, 5) is 20.3. The number of carbonyl (C=O) groups excluding carboxylic acids is 1. The zero-order valence-electron chi connectivity index (χ0n) is 14.8. The minimum Gasteiger partial charge on any atom is -0.371 e. The van der Waals surface area contributed by atoms with Crippen molar-refractivity contribution >= 4 is 11.7 Å². The maximum absolute atomic E-state index is 12.2. The van der Waals surface area contributed by atoms with E-state index < -0.39 is 0 Å². The second-order valence-electron chi connectivity index (χ2n) is 6.61. The van der Waals surface area contributed by atoms with E-state index in [9.17, 15) is 4.79 Å². The molecule has 0 radical (unpaired) electrons. The number of urea groups is 1. The Hall–Kier alpha value is -2.57. The Morgan fingerprint density at radius 3 is 2.72 bits per heavy atom. The molecule has 3 rings (SSSR count). The zero-order valence-corrected chi connectivity index (χ0v) is 14.8. The molecule has 0 aliphatic carbocycles. The second-order valence-corrected chi connectivity index (χ2v) is 6.61. The van der Waals surface area contributed by atoms with Crippen LogP contribution in [0.5, 0.6) is 0 Å². The molecule has 7 heteroatoms. The number of hydrogen-bond donors (Lipinski definition) is 1. The van der Waals surface area contributed by atoms with E-state index in [4.69, 9.17) is 4.52 Å². The van der Waals surface area contributed by atoms with Crippen molar-refractivity contribution in [3.8, 4) is 0 Å². The van der Waals surface area contributed by atoms with Gasteiger partial charge in [-0.05, 0) is 37.8 Å². The highest BCUT2D eigenvalue weighted by molar-refractivity contribution is 5.73. The van der Waals surface area contributed by atoms with Gasteiger partial charge in [-0.2, -0.15) is 0 Å². The second kappa shape index (κ2) is 8.00. The number of carbonyl (C=O) groups is 1. The fraction of sp³-hybridized carbons (Fsp3) is 0.500. The summed E-state index contributed by atoms with van der Waals surface area (Å²) in [5, 5.41) is 6.95. The van der Waals surface area contributed by atoms with Gasteiger partial charge in [0.1, 0.15) is 11.5 Å². The average molecular weight is 343 g/mol. The number of piperidine rings is 1. The molecule has 3 heterocycles. The van der Waals surface area contributed by atoms with E-state index in [1.54, 1.807) is 11.9 Å². The Labute approximate surface area is 148 Å². The highest BCUT2D eigenvalue weighted by Gasteiger charge is 2.20. The number of nitrogens with zero attached hydrogens (tertiary/aromatic N) is 4. The first-order valence-corrected chi connectivity index (χ1v) is 8.68.